The van der Waals surface area contributed by atoms with Crippen LogP contribution in [0, 0.1) is 26.7 Å². The summed E-state index contributed by atoms with van der Waals surface area (Å²) in [5, 5.41) is 5.35. The molecule has 64 heavy (non-hydrogen) atoms. The molecule has 0 bridgehead atoms. The van der Waals surface area contributed by atoms with E-state index in [0.29, 0.717) is 11.8 Å². The molecule has 0 fully saturated rings. The Bertz CT molecular complexity index is 3210. The fourth-order valence-corrected chi connectivity index (χ4v) is 12.1. The van der Waals surface area contributed by atoms with Gasteiger partial charge in [0.15, 0.2) is 0 Å². The van der Waals surface area contributed by atoms with Crippen LogP contribution in [0.25, 0.3) is 43.8 Å². The van der Waals surface area contributed by atoms with E-state index in [0.717, 1.165) is 12.8 Å². The molecule has 0 saturated heterocycles. The van der Waals surface area contributed by atoms with Gasteiger partial charge in [-0.1, -0.05) is 167 Å². The highest BCUT2D eigenvalue weighted by Crippen LogP contribution is 2.60. The van der Waals surface area contributed by atoms with Crippen molar-refractivity contribution in [2.24, 2.45) is 5.92 Å². The lowest BCUT2D eigenvalue weighted by molar-refractivity contribution is 0.526. The molecule has 8 aromatic carbocycles. The number of benzene rings is 8. The van der Waals surface area contributed by atoms with E-state index in [4.69, 9.17) is 0 Å². The summed E-state index contributed by atoms with van der Waals surface area (Å²) in [6, 6.07) is 55.7. The number of fused-ring (bicyclic) bond motifs is 10. The van der Waals surface area contributed by atoms with Crippen LogP contribution in [0.4, 0.5) is 17.1 Å². The summed E-state index contributed by atoms with van der Waals surface area (Å²) in [6.07, 6.45) is 10.4. The van der Waals surface area contributed by atoms with E-state index in [1.807, 2.05) is 0 Å². The second kappa shape index (κ2) is 15.1. The lowest BCUT2D eigenvalue weighted by atomic mass is 9.76. The van der Waals surface area contributed by atoms with Gasteiger partial charge in [-0.15, -0.1) is 0 Å². The van der Waals surface area contributed by atoms with Crippen LogP contribution in [-0.4, -0.2) is 0 Å². The maximum atomic E-state index is 2.65. The molecule has 2 atom stereocenters. The quantitative estimate of drug-likeness (QED) is 0.147. The molecule has 11 rings (SSSR count). The molecular formula is C63H59N. The second-order valence-corrected chi connectivity index (χ2v) is 20.2. The van der Waals surface area contributed by atoms with E-state index in [1.54, 1.807) is 0 Å². The summed E-state index contributed by atoms with van der Waals surface area (Å²) in [4.78, 5) is 2.52. The molecule has 3 aliphatic carbocycles. The first kappa shape index (κ1) is 40.3. The van der Waals surface area contributed by atoms with E-state index in [-0.39, 0.29) is 10.8 Å². The normalized spacial score (nSPS) is 16.9. The number of nitrogens with zero attached hydrogens (tertiary/aromatic N) is 1. The number of anilines is 3. The first-order valence-corrected chi connectivity index (χ1v) is 23.6. The Kier molecular flexibility index (Phi) is 9.51. The van der Waals surface area contributed by atoms with Crippen molar-refractivity contribution < 1.29 is 0 Å². The number of aryl methyl sites for hydroxylation is 3. The average Bonchev–Trinajstić information content (AvgIpc) is 3.66. The molecule has 3 aliphatic rings. The largest absolute Gasteiger partial charge is 0.309 e. The zero-order chi connectivity index (χ0) is 44.1. The number of hydrogen-bond donors (Lipinski definition) is 0. The summed E-state index contributed by atoms with van der Waals surface area (Å²) < 4.78 is 0. The SMILES string of the molecule is CC1=CC=CC(CCC(c2ccccc2C)c2cc3c(c4ccccc24)-c2cc4c(cc2C3(C)C)-c2c(cc(N(c3ccccc3C)c3ccccc3C)c3ccccc23)C4(C)C)C1. The Morgan fingerprint density at radius 2 is 1.00 bits per heavy atom. The Hall–Kier alpha value is -6.44. The monoisotopic (exact) mass is 829 g/mol. The molecule has 0 saturated carbocycles. The predicted octanol–water partition coefficient (Wildman–Crippen LogP) is 17.4. The third-order valence-electron chi connectivity index (χ3n) is 15.6. The maximum absolute atomic E-state index is 2.65. The molecule has 0 aromatic heterocycles. The van der Waals surface area contributed by atoms with Gasteiger partial charge in [-0.25, -0.2) is 0 Å². The van der Waals surface area contributed by atoms with Crippen molar-refractivity contribution in [1.29, 1.82) is 0 Å². The molecule has 2 unspecified atom stereocenters. The van der Waals surface area contributed by atoms with Crippen LogP contribution >= 0.6 is 0 Å². The first-order chi connectivity index (χ1) is 30.9. The van der Waals surface area contributed by atoms with Crippen molar-refractivity contribution in [1.82, 2.24) is 0 Å². The van der Waals surface area contributed by atoms with Gasteiger partial charge in [-0.3, -0.25) is 0 Å². The van der Waals surface area contributed by atoms with Crippen LogP contribution in [-0.2, 0) is 10.8 Å². The molecule has 0 radical (unpaired) electrons. The highest BCUT2D eigenvalue weighted by Gasteiger charge is 2.44. The van der Waals surface area contributed by atoms with Gasteiger partial charge < -0.3 is 4.90 Å². The zero-order valence-electron chi connectivity index (χ0n) is 38.8. The fraction of sp³-hybridized carbons (Fsp3) is 0.238. The smallest absolute Gasteiger partial charge is 0.0543 e. The lowest BCUT2D eigenvalue weighted by Gasteiger charge is -2.31. The van der Waals surface area contributed by atoms with Crippen molar-refractivity contribution in [3.8, 4) is 22.3 Å². The van der Waals surface area contributed by atoms with E-state index >= 15 is 0 Å². The zero-order valence-corrected chi connectivity index (χ0v) is 38.8. The molecule has 0 aliphatic heterocycles. The van der Waals surface area contributed by atoms with Crippen LogP contribution in [0.3, 0.4) is 0 Å². The van der Waals surface area contributed by atoms with E-state index in [2.05, 4.69) is 224 Å². The number of hydrogen-bond acceptors (Lipinski definition) is 1. The van der Waals surface area contributed by atoms with E-state index in [1.165, 1.54) is 123 Å². The topological polar surface area (TPSA) is 3.24 Å². The Balaban J connectivity index is 1.10. The minimum Gasteiger partial charge on any atom is -0.309 e. The summed E-state index contributed by atoms with van der Waals surface area (Å²) in [5.41, 5.74) is 22.8. The average molecular weight is 830 g/mol. The molecule has 0 amide bonds. The number of allylic oxidation sites excluding steroid dienone is 4. The van der Waals surface area contributed by atoms with Gasteiger partial charge in [-0.05, 0) is 172 Å². The van der Waals surface area contributed by atoms with Gasteiger partial charge in [0, 0.05) is 33.5 Å². The molecule has 0 N–H and O–H groups in total. The van der Waals surface area contributed by atoms with Crippen LogP contribution in [0.2, 0.25) is 0 Å². The summed E-state index contributed by atoms with van der Waals surface area (Å²) in [7, 11) is 0. The maximum Gasteiger partial charge on any atom is 0.0543 e. The molecule has 1 nitrogen and oxygen atoms in total. The van der Waals surface area contributed by atoms with Gasteiger partial charge in [0.05, 0.1) is 5.69 Å². The van der Waals surface area contributed by atoms with Crippen LogP contribution in [0.1, 0.15) is 110 Å². The molecule has 1 heteroatoms. The summed E-state index contributed by atoms with van der Waals surface area (Å²) in [6.45, 7) is 19.0. The van der Waals surface area contributed by atoms with Crippen molar-refractivity contribution in [3.63, 3.8) is 0 Å². The van der Waals surface area contributed by atoms with Crippen LogP contribution in [0.15, 0.2) is 169 Å². The van der Waals surface area contributed by atoms with Crippen molar-refractivity contribution >= 4 is 38.6 Å². The second-order valence-electron chi connectivity index (χ2n) is 20.2. The highest BCUT2D eigenvalue weighted by atomic mass is 15.1. The predicted molar refractivity (Wildman–Crippen MR) is 274 cm³/mol. The van der Waals surface area contributed by atoms with Crippen LogP contribution in [0.5, 0.6) is 0 Å². The van der Waals surface area contributed by atoms with Gasteiger partial charge in [0.1, 0.15) is 0 Å². The molecule has 0 heterocycles. The van der Waals surface area contributed by atoms with Gasteiger partial charge in [0.25, 0.3) is 0 Å². The van der Waals surface area contributed by atoms with E-state index < -0.39 is 0 Å². The van der Waals surface area contributed by atoms with Gasteiger partial charge in [-0.2, -0.15) is 0 Å². The lowest BCUT2D eigenvalue weighted by Crippen LogP contribution is -2.18. The van der Waals surface area contributed by atoms with Gasteiger partial charge in [0.2, 0.25) is 0 Å². The Labute approximate surface area is 380 Å². The minimum absolute atomic E-state index is 0.197. The van der Waals surface area contributed by atoms with Crippen molar-refractivity contribution in [2.45, 2.75) is 91.4 Å². The molecule has 8 aromatic rings. The standard InChI is InChI=1S/C63H59N/c1-39-20-19-24-43(34-39)32-33-46(44-25-12-9-21-40(44)2)50-35-55-60(48-28-15-13-26-45(48)50)51-36-54-52(37-53(51)62(55,5)6)61-49-29-16-14-27-47(49)59(38-56(61)63(54,7)8)64(57-30-17-10-22-41(57)3)58-31-18-11-23-42(58)4/h9-31,35-38,43,46H,32-34H2,1-8H3. The molecule has 316 valence electrons. The number of rotatable bonds is 8. The summed E-state index contributed by atoms with van der Waals surface area (Å²) >= 11 is 0. The third-order valence-corrected chi connectivity index (χ3v) is 15.6. The van der Waals surface area contributed by atoms with Gasteiger partial charge >= 0.3 is 0 Å². The first-order valence-electron chi connectivity index (χ1n) is 23.6. The minimum atomic E-state index is -0.235. The highest BCUT2D eigenvalue weighted by molar-refractivity contribution is 6.12. The molecular weight excluding hydrogens is 771 g/mol. The summed E-state index contributed by atoms with van der Waals surface area (Å²) in [5.74, 6) is 0.873. The number of para-hydroxylation sites is 2. The molecule has 0 spiro atoms. The van der Waals surface area contributed by atoms with Crippen molar-refractivity contribution in [3.05, 3.63) is 219 Å². The fourth-order valence-electron chi connectivity index (χ4n) is 12.1. The van der Waals surface area contributed by atoms with E-state index in [9.17, 15) is 0 Å². The Morgan fingerprint density at radius 1 is 0.500 bits per heavy atom. The van der Waals surface area contributed by atoms with Crippen molar-refractivity contribution in [2.75, 3.05) is 4.90 Å². The van der Waals surface area contributed by atoms with Crippen LogP contribution < -0.4 is 4.90 Å². The Morgan fingerprint density at radius 3 is 1.58 bits per heavy atom. The third kappa shape index (κ3) is 6.18.